The average molecular weight is 246 g/mol. The van der Waals surface area contributed by atoms with E-state index in [0.29, 0.717) is 23.5 Å². The van der Waals surface area contributed by atoms with Crippen molar-refractivity contribution >= 4 is 0 Å². The van der Waals surface area contributed by atoms with E-state index >= 15 is 0 Å². The number of hydrogen-bond donors (Lipinski definition) is 1. The molecule has 0 spiro atoms. The summed E-state index contributed by atoms with van der Waals surface area (Å²) in [6, 6.07) is 12.2. The van der Waals surface area contributed by atoms with Gasteiger partial charge in [-0.15, -0.1) is 0 Å². The number of aliphatic hydroxyl groups is 1. The molecule has 0 fully saturated rings. The van der Waals surface area contributed by atoms with Crippen molar-refractivity contribution in [3.8, 4) is 11.5 Å². The Morgan fingerprint density at radius 2 is 1.72 bits per heavy atom. The maximum Gasteiger partial charge on any atom is 0.130 e. The Morgan fingerprint density at radius 3 is 2.33 bits per heavy atom. The SMILES string of the molecule is Cc1ccc(Oc2ccc(CCO)cc2)cc1F. The van der Waals surface area contributed by atoms with E-state index in [4.69, 9.17) is 9.84 Å². The summed E-state index contributed by atoms with van der Waals surface area (Å²) in [6.45, 7) is 1.84. The highest BCUT2D eigenvalue weighted by atomic mass is 19.1. The number of aryl methyl sites for hydroxylation is 1. The van der Waals surface area contributed by atoms with Crippen LogP contribution in [0.3, 0.4) is 0 Å². The number of benzene rings is 2. The predicted molar refractivity (Wildman–Crippen MR) is 68.4 cm³/mol. The van der Waals surface area contributed by atoms with Gasteiger partial charge in [-0.1, -0.05) is 18.2 Å². The molecule has 2 rings (SSSR count). The largest absolute Gasteiger partial charge is 0.457 e. The molecule has 0 saturated carbocycles. The molecule has 0 aliphatic heterocycles. The molecule has 0 atom stereocenters. The van der Waals surface area contributed by atoms with Gasteiger partial charge in [-0.05, 0) is 42.7 Å². The highest BCUT2D eigenvalue weighted by Gasteiger charge is 2.02. The lowest BCUT2D eigenvalue weighted by atomic mass is 10.1. The molecule has 2 aromatic rings. The maximum atomic E-state index is 13.3. The summed E-state index contributed by atoms with van der Waals surface area (Å²) in [5.41, 5.74) is 1.64. The molecular formula is C15H15FO2. The van der Waals surface area contributed by atoms with Crippen LogP contribution in [0.15, 0.2) is 42.5 Å². The van der Waals surface area contributed by atoms with E-state index in [1.807, 2.05) is 24.3 Å². The number of rotatable bonds is 4. The molecule has 0 aromatic heterocycles. The first kappa shape index (κ1) is 12.6. The fourth-order valence-electron chi connectivity index (χ4n) is 1.63. The third-order valence-corrected chi connectivity index (χ3v) is 2.70. The molecule has 2 aromatic carbocycles. The van der Waals surface area contributed by atoms with E-state index < -0.39 is 0 Å². The standard InChI is InChI=1S/C15H15FO2/c1-11-2-5-14(10-15(11)16)18-13-6-3-12(4-7-13)8-9-17/h2-7,10,17H,8-9H2,1H3. The van der Waals surface area contributed by atoms with Crippen molar-refractivity contribution in [3.05, 3.63) is 59.4 Å². The van der Waals surface area contributed by atoms with Crippen molar-refractivity contribution in [1.82, 2.24) is 0 Å². The fraction of sp³-hybridized carbons (Fsp3) is 0.200. The topological polar surface area (TPSA) is 29.5 Å². The van der Waals surface area contributed by atoms with Gasteiger partial charge in [0, 0.05) is 12.7 Å². The first-order valence-electron chi connectivity index (χ1n) is 5.83. The summed E-state index contributed by atoms with van der Waals surface area (Å²) in [4.78, 5) is 0. The van der Waals surface area contributed by atoms with E-state index in [1.54, 1.807) is 19.1 Å². The van der Waals surface area contributed by atoms with Crippen molar-refractivity contribution in [3.63, 3.8) is 0 Å². The fourth-order valence-corrected chi connectivity index (χ4v) is 1.63. The Bertz CT molecular complexity index is 521. The summed E-state index contributed by atoms with van der Waals surface area (Å²) in [7, 11) is 0. The molecule has 0 aliphatic carbocycles. The van der Waals surface area contributed by atoms with Crippen LogP contribution in [0.4, 0.5) is 4.39 Å². The van der Waals surface area contributed by atoms with Gasteiger partial charge in [-0.3, -0.25) is 0 Å². The van der Waals surface area contributed by atoms with Gasteiger partial charge in [-0.2, -0.15) is 0 Å². The van der Waals surface area contributed by atoms with Crippen molar-refractivity contribution in [1.29, 1.82) is 0 Å². The lowest BCUT2D eigenvalue weighted by molar-refractivity contribution is 0.299. The van der Waals surface area contributed by atoms with Crippen LogP contribution in [0.1, 0.15) is 11.1 Å². The summed E-state index contributed by atoms with van der Waals surface area (Å²) in [5.74, 6) is 0.859. The van der Waals surface area contributed by atoms with Crippen molar-refractivity contribution in [2.75, 3.05) is 6.61 Å². The molecule has 0 unspecified atom stereocenters. The monoisotopic (exact) mass is 246 g/mol. The molecular weight excluding hydrogens is 231 g/mol. The highest BCUT2D eigenvalue weighted by molar-refractivity contribution is 5.35. The third kappa shape index (κ3) is 3.08. The first-order valence-corrected chi connectivity index (χ1v) is 5.83. The molecule has 0 bridgehead atoms. The number of halogens is 1. The predicted octanol–water partition coefficient (Wildman–Crippen LogP) is 3.46. The minimum Gasteiger partial charge on any atom is -0.457 e. The van der Waals surface area contributed by atoms with Crippen LogP contribution in [0.5, 0.6) is 11.5 Å². The Hall–Kier alpha value is -1.87. The smallest absolute Gasteiger partial charge is 0.130 e. The molecule has 0 radical (unpaired) electrons. The van der Waals surface area contributed by atoms with Gasteiger partial charge in [-0.25, -0.2) is 4.39 Å². The van der Waals surface area contributed by atoms with E-state index in [-0.39, 0.29) is 12.4 Å². The second-order valence-corrected chi connectivity index (χ2v) is 4.13. The highest BCUT2D eigenvalue weighted by Crippen LogP contribution is 2.23. The average Bonchev–Trinajstić information content (AvgIpc) is 2.37. The maximum absolute atomic E-state index is 13.3. The summed E-state index contributed by atoms with van der Waals surface area (Å²) >= 11 is 0. The van der Waals surface area contributed by atoms with Crippen LogP contribution in [-0.2, 0) is 6.42 Å². The Morgan fingerprint density at radius 1 is 1.06 bits per heavy atom. The van der Waals surface area contributed by atoms with Crippen LogP contribution in [0.25, 0.3) is 0 Å². The van der Waals surface area contributed by atoms with Gasteiger partial charge in [0.15, 0.2) is 0 Å². The number of hydrogen-bond acceptors (Lipinski definition) is 2. The lowest BCUT2D eigenvalue weighted by Crippen LogP contribution is -1.91. The second-order valence-electron chi connectivity index (χ2n) is 4.13. The number of ether oxygens (including phenoxy) is 1. The summed E-state index contributed by atoms with van der Waals surface area (Å²) in [5, 5.41) is 8.81. The molecule has 0 aliphatic rings. The van der Waals surface area contributed by atoms with E-state index in [9.17, 15) is 4.39 Å². The van der Waals surface area contributed by atoms with Crippen LogP contribution >= 0.6 is 0 Å². The first-order chi connectivity index (χ1) is 8.69. The van der Waals surface area contributed by atoms with E-state index in [0.717, 1.165) is 5.56 Å². The third-order valence-electron chi connectivity index (χ3n) is 2.70. The van der Waals surface area contributed by atoms with Crippen molar-refractivity contribution < 1.29 is 14.2 Å². The van der Waals surface area contributed by atoms with Crippen LogP contribution in [0, 0.1) is 12.7 Å². The molecule has 1 N–H and O–H groups in total. The second kappa shape index (κ2) is 5.65. The summed E-state index contributed by atoms with van der Waals surface area (Å²) in [6.07, 6.45) is 0.624. The van der Waals surface area contributed by atoms with Crippen LogP contribution in [-0.4, -0.2) is 11.7 Å². The van der Waals surface area contributed by atoms with Gasteiger partial charge < -0.3 is 9.84 Å². The van der Waals surface area contributed by atoms with Crippen molar-refractivity contribution in [2.45, 2.75) is 13.3 Å². The summed E-state index contributed by atoms with van der Waals surface area (Å²) < 4.78 is 18.9. The van der Waals surface area contributed by atoms with E-state index in [2.05, 4.69) is 0 Å². The minimum absolute atomic E-state index is 0.128. The van der Waals surface area contributed by atoms with Gasteiger partial charge in [0.05, 0.1) is 0 Å². The molecule has 0 amide bonds. The van der Waals surface area contributed by atoms with Crippen LogP contribution in [0.2, 0.25) is 0 Å². The zero-order chi connectivity index (χ0) is 13.0. The van der Waals surface area contributed by atoms with Crippen molar-refractivity contribution in [2.24, 2.45) is 0 Å². The molecule has 94 valence electrons. The minimum atomic E-state index is -0.274. The van der Waals surface area contributed by atoms with Gasteiger partial charge >= 0.3 is 0 Å². The number of aliphatic hydroxyl groups excluding tert-OH is 1. The van der Waals surface area contributed by atoms with Crippen LogP contribution < -0.4 is 4.74 Å². The molecule has 0 heterocycles. The normalized spacial score (nSPS) is 10.4. The van der Waals surface area contributed by atoms with Gasteiger partial charge in [0.1, 0.15) is 17.3 Å². The molecule has 0 saturated heterocycles. The zero-order valence-electron chi connectivity index (χ0n) is 10.2. The Kier molecular flexibility index (Phi) is 3.95. The van der Waals surface area contributed by atoms with Gasteiger partial charge in [0.2, 0.25) is 0 Å². The zero-order valence-corrected chi connectivity index (χ0v) is 10.2. The van der Waals surface area contributed by atoms with Gasteiger partial charge in [0.25, 0.3) is 0 Å². The molecule has 3 heteroatoms. The lowest BCUT2D eigenvalue weighted by Gasteiger charge is -2.07. The quantitative estimate of drug-likeness (QED) is 0.895. The Labute approximate surface area is 106 Å². The van der Waals surface area contributed by atoms with E-state index in [1.165, 1.54) is 6.07 Å². The molecule has 2 nitrogen and oxygen atoms in total. The molecule has 18 heavy (non-hydrogen) atoms. The Balaban J connectivity index is 2.10.